The molecular formula is C14H12BrN3O3. The Kier molecular flexibility index (Phi) is 3.21. The number of rotatable bonds is 2. The molecular weight excluding hydrogens is 338 g/mol. The van der Waals surface area contributed by atoms with Crippen molar-refractivity contribution >= 4 is 38.6 Å². The maximum absolute atomic E-state index is 12.0. The Labute approximate surface area is 128 Å². The van der Waals surface area contributed by atoms with Gasteiger partial charge >= 0.3 is 5.69 Å². The topological polar surface area (TPSA) is 69.2 Å². The summed E-state index contributed by atoms with van der Waals surface area (Å²) in [5, 5.41) is 2.74. The van der Waals surface area contributed by atoms with E-state index in [0.717, 1.165) is 11.0 Å². The van der Waals surface area contributed by atoms with E-state index >= 15 is 0 Å². The van der Waals surface area contributed by atoms with Gasteiger partial charge in [-0.25, -0.2) is 4.79 Å². The van der Waals surface area contributed by atoms with Crippen molar-refractivity contribution in [1.29, 1.82) is 0 Å². The minimum absolute atomic E-state index is 0.108. The van der Waals surface area contributed by atoms with Gasteiger partial charge in [-0.15, -0.1) is 0 Å². The van der Waals surface area contributed by atoms with E-state index < -0.39 is 0 Å². The number of nitrogens with one attached hydrogen (secondary N) is 1. The van der Waals surface area contributed by atoms with Gasteiger partial charge in [0.15, 0.2) is 10.4 Å². The predicted molar refractivity (Wildman–Crippen MR) is 82.5 cm³/mol. The number of imidazole rings is 1. The zero-order valence-electron chi connectivity index (χ0n) is 11.4. The second-order valence-corrected chi connectivity index (χ2v) is 5.44. The van der Waals surface area contributed by atoms with E-state index in [1.807, 2.05) is 0 Å². The second kappa shape index (κ2) is 4.92. The average molecular weight is 350 g/mol. The Hall–Kier alpha value is -2.28. The first kappa shape index (κ1) is 13.7. The number of anilines is 1. The third-order valence-electron chi connectivity index (χ3n) is 3.33. The molecule has 7 heteroatoms. The van der Waals surface area contributed by atoms with Crippen molar-refractivity contribution in [2.45, 2.75) is 0 Å². The molecule has 0 fully saturated rings. The van der Waals surface area contributed by atoms with Gasteiger partial charge in [0, 0.05) is 19.8 Å². The van der Waals surface area contributed by atoms with E-state index in [1.165, 1.54) is 4.57 Å². The van der Waals surface area contributed by atoms with Crippen LogP contribution in [0.25, 0.3) is 11.0 Å². The van der Waals surface area contributed by atoms with Gasteiger partial charge in [0.25, 0.3) is 5.91 Å². The first-order valence-corrected chi connectivity index (χ1v) is 6.99. The van der Waals surface area contributed by atoms with E-state index in [1.54, 1.807) is 49.0 Å². The van der Waals surface area contributed by atoms with Gasteiger partial charge in [0.05, 0.1) is 11.0 Å². The summed E-state index contributed by atoms with van der Waals surface area (Å²) in [5.41, 5.74) is 2.05. The van der Waals surface area contributed by atoms with Gasteiger partial charge < -0.3 is 9.73 Å². The molecule has 0 aliphatic heterocycles. The molecule has 3 rings (SSSR count). The smallest absolute Gasteiger partial charge is 0.328 e. The number of carbonyl (C=O) groups is 1. The quantitative estimate of drug-likeness (QED) is 0.772. The van der Waals surface area contributed by atoms with Crippen molar-refractivity contribution in [1.82, 2.24) is 9.13 Å². The fourth-order valence-electron chi connectivity index (χ4n) is 2.21. The maximum Gasteiger partial charge on any atom is 0.328 e. The van der Waals surface area contributed by atoms with Crippen LogP contribution in [0.3, 0.4) is 0 Å². The number of hydrogen-bond acceptors (Lipinski definition) is 3. The maximum atomic E-state index is 12.0. The van der Waals surface area contributed by atoms with E-state index in [0.29, 0.717) is 10.4 Å². The normalized spacial score (nSPS) is 11.0. The van der Waals surface area contributed by atoms with E-state index in [9.17, 15) is 9.59 Å². The molecule has 108 valence electrons. The van der Waals surface area contributed by atoms with Crippen LogP contribution < -0.4 is 11.0 Å². The molecule has 0 saturated heterocycles. The van der Waals surface area contributed by atoms with Gasteiger partial charge in [-0.3, -0.25) is 13.9 Å². The molecule has 0 unspecified atom stereocenters. The third-order valence-corrected chi connectivity index (χ3v) is 3.75. The number of halogens is 1. The highest BCUT2D eigenvalue weighted by Gasteiger charge is 2.13. The van der Waals surface area contributed by atoms with Crippen LogP contribution in [0.1, 0.15) is 10.6 Å². The van der Waals surface area contributed by atoms with E-state index in [-0.39, 0.29) is 17.4 Å². The predicted octanol–water partition coefficient (Wildman–Crippen LogP) is 2.48. The highest BCUT2D eigenvalue weighted by Crippen LogP contribution is 2.19. The van der Waals surface area contributed by atoms with E-state index in [4.69, 9.17) is 4.42 Å². The van der Waals surface area contributed by atoms with Crippen molar-refractivity contribution in [3.8, 4) is 0 Å². The summed E-state index contributed by atoms with van der Waals surface area (Å²) in [6.45, 7) is 0. The zero-order chi connectivity index (χ0) is 15.1. The number of carbonyl (C=O) groups excluding carboxylic acids is 1. The first-order chi connectivity index (χ1) is 9.97. The van der Waals surface area contributed by atoms with Gasteiger partial charge in [0.2, 0.25) is 0 Å². The molecule has 6 nitrogen and oxygen atoms in total. The van der Waals surface area contributed by atoms with Crippen molar-refractivity contribution < 1.29 is 9.21 Å². The zero-order valence-corrected chi connectivity index (χ0v) is 13.0. The molecule has 1 aromatic carbocycles. The second-order valence-electron chi connectivity index (χ2n) is 4.66. The molecule has 2 heterocycles. The number of aromatic nitrogens is 2. The molecule has 0 atom stereocenters. The molecule has 21 heavy (non-hydrogen) atoms. The molecule has 1 N–H and O–H groups in total. The SMILES string of the molecule is Cn1c(=O)n(C)c2cc(NC(=O)c3ccc(Br)o3)ccc21. The number of aryl methyl sites for hydroxylation is 2. The van der Waals surface area contributed by atoms with Crippen LogP contribution in [-0.4, -0.2) is 15.0 Å². The molecule has 0 aliphatic carbocycles. The lowest BCUT2D eigenvalue weighted by atomic mass is 10.2. The summed E-state index contributed by atoms with van der Waals surface area (Å²) in [6, 6.07) is 8.53. The number of fused-ring (bicyclic) bond motifs is 1. The first-order valence-electron chi connectivity index (χ1n) is 6.19. The fraction of sp³-hybridized carbons (Fsp3) is 0.143. The molecule has 0 aliphatic rings. The lowest BCUT2D eigenvalue weighted by molar-refractivity contribution is 0.0995. The Morgan fingerprint density at radius 1 is 1.14 bits per heavy atom. The fourth-order valence-corrected chi connectivity index (χ4v) is 2.52. The van der Waals surface area contributed by atoms with Crippen molar-refractivity contribution in [3.63, 3.8) is 0 Å². The van der Waals surface area contributed by atoms with Crippen LogP contribution in [0.15, 0.2) is 44.2 Å². The summed E-state index contributed by atoms with van der Waals surface area (Å²) in [4.78, 5) is 23.9. The summed E-state index contributed by atoms with van der Waals surface area (Å²) in [5.74, 6) is -0.134. The van der Waals surface area contributed by atoms with Gasteiger partial charge in [0.1, 0.15) is 0 Å². The number of furan rings is 1. The van der Waals surface area contributed by atoms with E-state index in [2.05, 4.69) is 21.2 Å². The minimum Gasteiger partial charge on any atom is -0.444 e. The Morgan fingerprint density at radius 2 is 1.86 bits per heavy atom. The van der Waals surface area contributed by atoms with Gasteiger partial charge in [-0.05, 0) is 46.3 Å². The summed E-state index contributed by atoms with van der Waals surface area (Å²) < 4.78 is 8.79. The lowest BCUT2D eigenvalue weighted by Crippen LogP contribution is -2.19. The summed E-state index contributed by atoms with van der Waals surface area (Å²) >= 11 is 3.15. The minimum atomic E-state index is -0.346. The molecule has 2 aromatic heterocycles. The summed E-state index contributed by atoms with van der Waals surface area (Å²) in [7, 11) is 3.41. The summed E-state index contributed by atoms with van der Waals surface area (Å²) in [6.07, 6.45) is 0. The molecule has 0 bridgehead atoms. The Bertz CT molecular complexity index is 904. The number of hydrogen-bond donors (Lipinski definition) is 1. The average Bonchev–Trinajstić information content (AvgIpc) is 2.98. The van der Waals surface area contributed by atoms with Crippen LogP contribution in [0.2, 0.25) is 0 Å². The molecule has 1 amide bonds. The largest absolute Gasteiger partial charge is 0.444 e. The highest BCUT2D eigenvalue weighted by atomic mass is 79.9. The number of amides is 1. The Morgan fingerprint density at radius 3 is 2.52 bits per heavy atom. The van der Waals surface area contributed by atoms with Crippen molar-refractivity contribution in [2.75, 3.05) is 5.32 Å². The van der Waals surface area contributed by atoms with Crippen LogP contribution >= 0.6 is 15.9 Å². The molecule has 0 radical (unpaired) electrons. The van der Waals surface area contributed by atoms with Gasteiger partial charge in [-0.1, -0.05) is 0 Å². The van der Waals surface area contributed by atoms with Crippen LogP contribution in [-0.2, 0) is 14.1 Å². The molecule has 3 aromatic rings. The lowest BCUT2D eigenvalue weighted by Gasteiger charge is -2.04. The van der Waals surface area contributed by atoms with Crippen LogP contribution in [0, 0.1) is 0 Å². The van der Waals surface area contributed by atoms with Crippen LogP contribution in [0.5, 0.6) is 0 Å². The van der Waals surface area contributed by atoms with Crippen molar-refractivity contribution in [3.05, 3.63) is 51.2 Å². The highest BCUT2D eigenvalue weighted by molar-refractivity contribution is 9.10. The van der Waals surface area contributed by atoms with Crippen LogP contribution in [0.4, 0.5) is 5.69 Å². The number of nitrogens with zero attached hydrogens (tertiary/aromatic N) is 2. The third kappa shape index (κ3) is 2.29. The van der Waals surface area contributed by atoms with Gasteiger partial charge in [-0.2, -0.15) is 0 Å². The monoisotopic (exact) mass is 349 g/mol. The number of benzene rings is 1. The molecule has 0 saturated carbocycles. The standard InChI is InChI=1S/C14H12BrN3O3/c1-17-9-4-3-8(7-10(9)18(2)14(17)20)16-13(19)11-5-6-12(15)21-11/h3-7H,1-2H3,(H,16,19). The molecule has 0 spiro atoms. The Balaban J connectivity index is 1.97. The van der Waals surface area contributed by atoms with Crippen molar-refractivity contribution in [2.24, 2.45) is 14.1 Å².